The van der Waals surface area contributed by atoms with Crippen LogP contribution in [0.2, 0.25) is 0 Å². The number of sulfonamides is 1. The van der Waals surface area contributed by atoms with Gasteiger partial charge in [0.2, 0.25) is 0 Å². The molecule has 0 bridgehead atoms. The van der Waals surface area contributed by atoms with Crippen molar-refractivity contribution in [2.75, 3.05) is 10.0 Å². The van der Waals surface area contributed by atoms with E-state index < -0.39 is 10.0 Å². The monoisotopic (exact) mass is 429 g/mol. The number of hydrogen-bond acceptors (Lipinski definition) is 5. The lowest BCUT2D eigenvalue weighted by Crippen LogP contribution is -2.14. The number of thiazole rings is 1. The van der Waals surface area contributed by atoms with Crippen LogP contribution in [0.5, 0.6) is 0 Å². The van der Waals surface area contributed by atoms with Gasteiger partial charge in [0.25, 0.3) is 15.9 Å². The van der Waals surface area contributed by atoms with E-state index in [1.54, 1.807) is 26.0 Å². The van der Waals surface area contributed by atoms with Crippen LogP contribution in [0.1, 0.15) is 37.6 Å². The summed E-state index contributed by atoms with van der Waals surface area (Å²) in [6.45, 7) is 9.24. The number of nitrogens with one attached hydrogen (secondary N) is 2. The molecule has 0 unspecified atom stereocenters. The third-order valence-electron chi connectivity index (χ3n) is 4.47. The number of nitrogens with zero attached hydrogens (tertiary/aromatic N) is 1. The number of aromatic nitrogens is 1. The molecule has 0 aliphatic carbocycles. The SMILES string of the molecule is Cc1ccc(NC(=O)c2sc(NS(=O)(=O)c3ccc(C)cc3C)nc2C)c(C)c1. The third-order valence-corrected chi connectivity index (χ3v) is 7.17. The molecule has 8 heteroatoms. The molecule has 0 atom stereocenters. The molecule has 3 rings (SSSR count). The second kappa shape index (κ2) is 7.96. The van der Waals surface area contributed by atoms with Crippen molar-refractivity contribution in [3.8, 4) is 0 Å². The number of carbonyl (C=O) groups excluding carboxylic acids is 1. The molecule has 1 heterocycles. The highest BCUT2D eigenvalue weighted by molar-refractivity contribution is 7.93. The molecule has 0 saturated carbocycles. The van der Waals surface area contributed by atoms with Gasteiger partial charge >= 0.3 is 0 Å². The van der Waals surface area contributed by atoms with Gasteiger partial charge in [0.15, 0.2) is 5.13 Å². The predicted molar refractivity (Wildman–Crippen MR) is 117 cm³/mol. The maximum Gasteiger partial charge on any atom is 0.267 e. The van der Waals surface area contributed by atoms with Gasteiger partial charge in [-0.2, -0.15) is 0 Å². The minimum atomic E-state index is -3.79. The summed E-state index contributed by atoms with van der Waals surface area (Å²) < 4.78 is 28.0. The van der Waals surface area contributed by atoms with Gasteiger partial charge in [-0.05, 0) is 57.9 Å². The molecule has 0 aliphatic heterocycles. The maximum absolute atomic E-state index is 12.7. The van der Waals surface area contributed by atoms with Crippen molar-refractivity contribution in [2.45, 2.75) is 39.5 Å². The number of hydrogen-bond donors (Lipinski definition) is 2. The van der Waals surface area contributed by atoms with Gasteiger partial charge in [-0.25, -0.2) is 13.4 Å². The first-order valence-electron chi connectivity index (χ1n) is 9.03. The first-order valence-corrected chi connectivity index (χ1v) is 11.3. The Balaban J connectivity index is 1.83. The van der Waals surface area contributed by atoms with Crippen LogP contribution in [0.15, 0.2) is 41.3 Å². The van der Waals surface area contributed by atoms with Gasteiger partial charge in [0, 0.05) is 5.69 Å². The van der Waals surface area contributed by atoms with Gasteiger partial charge in [-0.15, -0.1) is 0 Å². The average Bonchev–Trinajstić information content (AvgIpc) is 2.96. The van der Waals surface area contributed by atoms with Crippen molar-refractivity contribution in [3.63, 3.8) is 0 Å². The van der Waals surface area contributed by atoms with Crippen LogP contribution in [0.4, 0.5) is 10.8 Å². The fraction of sp³-hybridized carbons (Fsp3) is 0.238. The molecule has 0 fully saturated rings. The summed E-state index contributed by atoms with van der Waals surface area (Å²) in [4.78, 5) is 17.5. The first-order chi connectivity index (χ1) is 13.6. The number of carbonyl (C=O) groups is 1. The minimum absolute atomic E-state index is 0.160. The minimum Gasteiger partial charge on any atom is -0.321 e. The molecular formula is C21H23N3O3S2. The topological polar surface area (TPSA) is 88.2 Å². The van der Waals surface area contributed by atoms with E-state index in [2.05, 4.69) is 15.0 Å². The predicted octanol–water partition coefficient (Wildman–Crippen LogP) is 4.74. The van der Waals surface area contributed by atoms with Gasteiger partial charge < -0.3 is 5.32 Å². The molecule has 0 spiro atoms. The summed E-state index contributed by atoms with van der Waals surface area (Å²) in [5.74, 6) is -0.316. The second-order valence-electron chi connectivity index (χ2n) is 7.08. The van der Waals surface area contributed by atoms with Gasteiger partial charge in [0.1, 0.15) is 4.88 Å². The molecule has 2 N–H and O–H groups in total. The average molecular weight is 430 g/mol. The molecule has 1 amide bonds. The van der Waals surface area contributed by atoms with Crippen molar-refractivity contribution in [2.24, 2.45) is 0 Å². The van der Waals surface area contributed by atoms with Crippen molar-refractivity contribution in [3.05, 3.63) is 69.2 Å². The molecule has 2 aromatic carbocycles. The van der Waals surface area contributed by atoms with Crippen molar-refractivity contribution in [1.82, 2.24) is 4.98 Å². The number of benzene rings is 2. The largest absolute Gasteiger partial charge is 0.321 e. The van der Waals surface area contributed by atoms with Crippen molar-refractivity contribution < 1.29 is 13.2 Å². The van der Waals surface area contributed by atoms with E-state index in [4.69, 9.17) is 0 Å². The zero-order valence-corrected chi connectivity index (χ0v) is 18.6. The lowest BCUT2D eigenvalue weighted by molar-refractivity contribution is 0.102. The standard InChI is InChI=1S/C21H23N3O3S2/c1-12-6-8-17(14(3)10-12)23-20(25)19-16(5)22-21(28-19)24-29(26,27)18-9-7-13(2)11-15(18)4/h6-11H,1-5H3,(H,22,24)(H,23,25). The van der Waals surface area contributed by atoms with Crippen LogP contribution < -0.4 is 10.0 Å². The number of anilines is 2. The summed E-state index contributed by atoms with van der Waals surface area (Å²) in [6, 6.07) is 10.9. The Kier molecular flexibility index (Phi) is 5.77. The molecule has 6 nitrogen and oxygen atoms in total. The summed E-state index contributed by atoms with van der Waals surface area (Å²) in [5.41, 5.74) is 4.88. The Morgan fingerprint density at radius 1 is 0.931 bits per heavy atom. The smallest absolute Gasteiger partial charge is 0.267 e. The van der Waals surface area contributed by atoms with Gasteiger partial charge in [0.05, 0.1) is 10.6 Å². The lowest BCUT2D eigenvalue weighted by Gasteiger charge is -2.09. The highest BCUT2D eigenvalue weighted by Crippen LogP contribution is 2.27. The van der Waals surface area contributed by atoms with E-state index in [-0.39, 0.29) is 15.9 Å². The summed E-state index contributed by atoms with van der Waals surface area (Å²) >= 11 is 1.01. The third kappa shape index (κ3) is 4.65. The van der Waals surface area contributed by atoms with E-state index in [0.29, 0.717) is 21.8 Å². The molecule has 0 aliphatic rings. The molecule has 152 valence electrons. The highest BCUT2D eigenvalue weighted by Gasteiger charge is 2.22. The van der Waals surface area contributed by atoms with E-state index in [9.17, 15) is 13.2 Å². The number of aryl methyl sites for hydroxylation is 5. The fourth-order valence-corrected chi connectivity index (χ4v) is 5.38. The van der Waals surface area contributed by atoms with Gasteiger partial charge in [-0.3, -0.25) is 9.52 Å². The zero-order valence-electron chi connectivity index (χ0n) is 17.0. The Morgan fingerprint density at radius 2 is 1.55 bits per heavy atom. The van der Waals surface area contributed by atoms with Crippen molar-refractivity contribution >= 4 is 38.1 Å². The van der Waals surface area contributed by atoms with Gasteiger partial charge in [-0.1, -0.05) is 46.7 Å². The van der Waals surface area contributed by atoms with Crippen LogP contribution in [-0.4, -0.2) is 19.3 Å². The zero-order chi connectivity index (χ0) is 21.3. The summed E-state index contributed by atoms with van der Waals surface area (Å²) in [6.07, 6.45) is 0. The Morgan fingerprint density at radius 3 is 2.17 bits per heavy atom. The van der Waals surface area contributed by atoms with Crippen LogP contribution in [-0.2, 0) is 10.0 Å². The fourth-order valence-electron chi connectivity index (χ4n) is 3.05. The normalized spacial score (nSPS) is 11.3. The van der Waals surface area contributed by atoms with E-state index in [1.807, 2.05) is 45.0 Å². The van der Waals surface area contributed by atoms with Crippen LogP contribution in [0, 0.1) is 34.6 Å². The summed E-state index contributed by atoms with van der Waals surface area (Å²) in [5, 5.41) is 3.03. The number of amides is 1. The first kappa shape index (κ1) is 21.0. The maximum atomic E-state index is 12.7. The van der Waals surface area contributed by atoms with E-state index in [1.165, 1.54) is 0 Å². The van der Waals surface area contributed by atoms with Crippen LogP contribution in [0.3, 0.4) is 0 Å². The van der Waals surface area contributed by atoms with Crippen molar-refractivity contribution in [1.29, 1.82) is 0 Å². The van der Waals surface area contributed by atoms with Crippen LogP contribution >= 0.6 is 11.3 Å². The summed E-state index contributed by atoms with van der Waals surface area (Å²) in [7, 11) is -3.79. The Hall–Kier alpha value is -2.71. The van der Waals surface area contributed by atoms with E-state index >= 15 is 0 Å². The molecule has 1 aromatic heterocycles. The van der Waals surface area contributed by atoms with E-state index in [0.717, 1.165) is 28.0 Å². The molecule has 29 heavy (non-hydrogen) atoms. The van der Waals surface area contributed by atoms with Crippen LogP contribution in [0.25, 0.3) is 0 Å². The lowest BCUT2D eigenvalue weighted by atomic mass is 10.1. The Bertz CT molecular complexity index is 1200. The second-order valence-corrected chi connectivity index (χ2v) is 9.73. The molecule has 3 aromatic rings. The molecular weight excluding hydrogens is 406 g/mol. The molecule has 0 radical (unpaired) electrons. The Labute approximate surface area is 175 Å². The quantitative estimate of drug-likeness (QED) is 0.613. The number of rotatable bonds is 5. The highest BCUT2D eigenvalue weighted by atomic mass is 32.2. The molecule has 0 saturated heterocycles.